The van der Waals surface area contributed by atoms with Gasteiger partial charge in [0.25, 0.3) is 0 Å². The number of nitrogen functional groups attached to an aromatic ring is 1. The molecule has 0 radical (unpaired) electrons. The van der Waals surface area contributed by atoms with Crippen LogP contribution in [0.25, 0.3) is 10.8 Å². The second-order valence-electron chi connectivity index (χ2n) is 2.81. The van der Waals surface area contributed by atoms with Crippen molar-refractivity contribution in [1.29, 1.82) is 0 Å². The van der Waals surface area contributed by atoms with Gasteiger partial charge in [-0.3, -0.25) is 0 Å². The lowest BCUT2D eigenvalue weighted by Crippen LogP contribution is -1.90. The van der Waals surface area contributed by atoms with Crippen LogP contribution < -0.4 is 5.73 Å². The van der Waals surface area contributed by atoms with Crippen LogP contribution in [-0.4, -0.2) is 0 Å². The van der Waals surface area contributed by atoms with Crippen molar-refractivity contribution in [1.82, 2.24) is 0 Å². The van der Waals surface area contributed by atoms with Gasteiger partial charge in [0.1, 0.15) is 0 Å². The monoisotopic (exact) mass is 303 g/mol. The standard InChI is InChI=1S/C10H7ClIN/c11-8-5-9(13)10(12)7-4-2-1-3-6(7)8/h1-5H,13H2. The molecule has 1 nitrogen and oxygen atoms in total. The minimum Gasteiger partial charge on any atom is -0.398 e. The van der Waals surface area contributed by atoms with E-state index in [9.17, 15) is 0 Å². The molecular weight excluding hydrogens is 296 g/mol. The van der Waals surface area contributed by atoms with Gasteiger partial charge in [0.05, 0.1) is 5.02 Å². The Labute approximate surface area is 95.0 Å². The molecule has 0 saturated carbocycles. The van der Waals surface area contributed by atoms with E-state index in [-0.39, 0.29) is 0 Å². The smallest absolute Gasteiger partial charge is 0.0505 e. The Morgan fingerprint density at radius 3 is 2.46 bits per heavy atom. The van der Waals surface area contributed by atoms with Gasteiger partial charge in [-0.25, -0.2) is 0 Å². The first kappa shape index (κ1) is 9.09. The third kappa shape index (κ3) is 1.48. The van der Waals surface area contributed by atoms with Crippen molar-refractivity contribution in [3.05, 3.63) is 38.9 Å². The Hall–Kier alpha value is -0.480. The Morgan fingerprint density at radius 1 is 1.15 bits per heavy atom. The average molecular weight is 304 g/mol. The van der Waals surface area contributed by atoms with Gasteiger partial charge in [0.2, 0.25) is 0 Å². The summed E-state index contributed by atoms with van der Waals surface area (Å²) in [6, 6.07) is 9.78. The summed E-state index contributed by atoms with van der Waals surface area (Å²) in [7, 11) is 0. The normalized spacial score (nSPS) is 10.6. The molecule has 0 spiro atoms. The fraction of sp³-hybridized carbons (Fsp3) is 0. The van der Waals surface area contributed by atoms with Gasteiger partial charge in [-0.1, -0.05) is 35.9 Å². The molecule has 0 fully saturated rings. The van der Waals surface area contributed by atoms with Gasteiger partial charge >= 0.3 is 0 Å². The third-order valence-corrected chi connectivity index (χ3v) is 3.47. The lowest BCUT2D eigenvalue weighted by Gasteiger charge is -2.05. The molecular formula is C10H7ClIN. The minimum absolute atomic E-state index is 0.716. The molecule has 0 bridgehead atoms. The van der Waals surface area contributed by atoms with E-state index < -0.39 is 0 Å². The largest absolute Gasteiger partial charge is 0.398 e. The number of anilines is 1. The second kappa shape index (κ2) is 3.35. The molecule has 0 aliphatic carbocycles. The fourth-order valence-electron chi connectivity index (χ4n) is 1.32. The predicted molar refractivity (Wildman–Crippen MR) is 66.1 cm³/mol. The molecule has 2 N–H and O–H groups in total. The molecule has 2 aromatic carbocycles. The number of nitrogens with two attached hydrogens (primary N) is 1. The van der Waals surface area contributed by atoms with Crippen LogP contribution in [-0.2, 0) is 0 Å². The first-order valence-electron chi connectivity index (χ1n) is 3.82. The van der Waals surface area contributed by atoms with E-state index in [2.05, 4.69) is 22.6 Å². The molecule has 0 atom stereocenters. The zero-order chi connectivity index (χ0) is 9.42. The van der Waals surface area contributed by atoms with Gasteiger partial charge in [-0.2, -0.15) is 0 Å². The maximum atomic E-state index is 6.05. The van der Waals surface area contributed by atoms with Crippen LogP contribution in [0.1, 0.15) is 0 Å². The molecule has 2 aromatic rings. The number of rotatable bonds is 0. The molecule has 0 aromatic heterocycles. The summed E-state index contributed by atoms with van der Waals surface area (Å²) in [6.45, 7) is 0. The molecule has 13 heavy (non-hydrogen) atoms. The maximum absolute atomic E-state index is 6.05. The van der Waals surface area contributed by atoms with Crippen molar-refractivity contribution in [2.75, 3.05) is 5.73 Å². The summed E-state index contributed by atoms with van der Waals surface area (Å²) in [5.74, 6) is 0. The van der Waals surface area contributed by atoms with Crippen molar-refractivity contribution in [2.24, 2.45) is 0 Å². The van der Waals surface area contributed by atoms with Crippen molar-refractivity contribution in [3.63, 3.8) is 0 Å². The number of hydrogen-bond donors (Lipinski definition) is 1. The fourth-order valence-corrected chi connectivity index (χ4v) is 2.22. The summed E-state index contributed by atoms with van der Waals surface area (Å²) in [5, 5.41) is 2.89. The van der Waals surface area contributed by atoms with Crippen molar-refractivity contribution >= 4 is 50.7 Å². The SMILES string of the molecule is Nc1cc(Cl)c2ccccc2c1I. The summed E-state index contributed by atoms with van der Waals surface area (Å²) in [6.07, 6.45) is 0. The highest BCUT2D eigenvalue weighted by Gasteiger charge is 2.05. The number of benzene rings is 2. The highest BCUT2D eigenvalue weighted by Crippen LogP contribution is 2.31. The first-order valence-corrected chi connectivity index (χ1v) is 5.28. The van der Waals surface area contributed by atoms with Crippen molar-refractivity contribution in [3.8, 4) is 0 Å². The number of fused-ring (bicyclic) bond motifs is 1. The van der Waals surface area contributed by atoms with E-state index in [1.807, 2.05) is 24.3 Å². The molecule has 3 heteroatoms. The lowest BCUT2D eigenvalue weighted by molar-refractivity contribution is 1.68. The van der Waals surface area contributed by atoms with E-state index in [0.29, 0.717) is 5.02 Å². The molecule has 0 saturated heterocycles. The maximum Gasteiger partial charge on any atom is 0.0505 e. The van der Waals surface area contributed by atoms with E-state index in [0.717, 1.165) is 20.0 Å². The molecule has 0 aliphatic heterocycles. The Morgan fingerprint density at radius 2 is 1.77 bits per heavy atom. The lowest BCUT2D eigenvalue weighted by atomic mass is 10.1. The van der Waals surface area contributed by atoms with Crippen LogP contribution in [0, 0.1) is 3.57 Å². The Bertz CT molecular complexity index is 468. The zero-order valence-electron chi connectivity index (χ0n) is 6.72. The van der Waals surface area contributed by atoms with E-state index in [4.69, 9.17) is 17.3 Å². The average Bonchev–Trinajstić information content (AvgIpc) is 2.15. The predicted octanol–water partition coefficient (Wildman–Crippen LogP) is 3.68. The topological polar surface area (TPSA) is 26.0 Å². The van der Waals surface area contributed by atoms with Crippen LogP contribution in [0.4, 0.5) is 5.69 Å². The molecule has 0 amide bonds. The second-order valence-corrected chi connectivity index (χ2v) is 4.29. The minimum atomic E-state index is 0.716. The summed E-state index contributed by atoms with van der Waals surface area (Å²) in [4.78, 5) is 0. The molecule has 0 unspecified atom stereocenters. The van der Waals surface area contributed by atoms with Crippen LogP contribution in [0.5, 0.6) is 0 Å². The van der Waals surface area contributed by atoms with Gasteiger partial charge in [-0.05, 0) is 34.0 Å². The van der Waals surface area contributed by atoms with Crippen LogP contribution in [0.3, 0.4) is 0 Å². The Kier molecular flexibility index (Phi) is 2.34. The van der Waals surface area contributed by atoms with Gasteiger partial charge in [0, 0.05) is 14.6 Å². The van der Waals surface area contributed by atoms with E-state index in [1.165, 1.54) is 0 Å². The molecule has 0 aliphatic rings. The molecule has 2 rings (SSSR count). The van der Waals surface area contributed by atoms with Crippen molar-refractivity contribution in [2.45, 2.75) is 0 Å². The first-order chi connectivity index (χ1) is 6.20. The summed E-state index contributed by atoms with van der Waals surface area (Å²) in [5.41, 5.74) is 6.53. The van der Waals surface area contributed by atoms with Crippen LogP contribution in [0.2, 0.25) is 5.02 Å². The molecule has 66 valence electrons. The van der Waals surface area contributed by atoms with Gasteiger partial charge in [-0.15, -0.1) is 0 Å². The van der Waals surface area contributed by atoms with Gasteiger partial charge in [0.15, 0.2) is 0 Å². The van der Waals surface area contributed by atoms with Crippen molar-refractivity contribution < 1.29 is 0 Å². The highest BCUT2D eigenvalue weighted by atomic mass is 127. The molecule has 0 heterocycles. The van der Waals surface area contributed by atoms with Crippen LogP contribution in [0.15, 0.2) is 30.3 Å². The highest BCUT2D eigenvalue weighted by molar-refractivity contribution is 14.1. The quantitative estimate of drug-likeness (QED) is 0.583. The van der Waals surface area contributed by atoms with E-state index >= 15 is 0 Å². The van der Waals surface area contributed by atoms with Gasteiger partial charge < -0.3 is 5.73 Å². The van der Waals surface area contributed by atoms with E-state index in [1.54, 1.807) is 6.07 Å². The number of hydrogen-bond acceptors (Lipinski definition) is 1. The Balaban J connectivity index is 2.97. The van der Waals surface area contributed by atoms with Crippen LogP contribution >= 0.6 is 34.2 Å². The number of halogens is 2. The summed E-state index contributed by atoms with van der Waals surface area (Å²) >= 11 is 8.29. The summed E-state index contributed by atoms with van der Waals surface area (Å²) < 4.78 is 1.07. The third-order valence-electron chi connectivity index (χ3n) is 1.96. The zero-order valence-corrected chi connectivity index (χ0v) is 9.63.